The van der Waals surface area contributed by atoms with Gasteiger partial charge in [-0.05, 0) is 67.9 Å². The number of carbonyl (C=O) groups excluding carboxylic acids is 1. The van der Waals surface area contributed by atoms with Crippen LogP contribution in [0, 0.1) is 5.82 Å². The van der Waals surface area contributed by atoms with E-state index in [1.807, 2.05) is 5.38 Å². The van der Waals surface area contributed by atoms with Gasteiger partial charge in [-0.1, -0.05) is 12.1 Å². The summed E-state index contributed by atoms with van der Waals surface area (Å²) in [5, 5.41) is 15.4. The molecule has 0 aliphatic carbocycles. The third-order valence-corrected chi connectivity index (χ3v) is 7.35. The number of nitrogens with one attached hydrogen (secondary N) is 1. The summed E-state index contributed by atoms with van der Waals surface area (Å²) in [6, 6.07) is 8.58. The van der Waals surface area contributed by atoms with E-state index in [2.05, 4.69) is 22.4 Å². The normalized spacial score (nSPS) is 13.5. The highest BCUT2D eigenvalue weighted by molar-refractivity contribution is 7.09. The van der Waals surface area contributed by atoms with E-state index in [0.29, 0.717) is 10.6 Å². The maximum atomic E-state index is 14.7. The molecule has 190 valence electrons. The molecular weight excluding hydrogens is 479 g/mol. The number of fused-ring (bicyclic) bond motifs is 1. The zero-order chi connectivity index (χ0) is 25.7. The minimum atomic E-state index is -0.988. The molecule has 9 heteroatoms. The minimum absolute atomic E-state index is 0.0400. The molecule has 0 spiro atoms. The first-order chi connectivity index (χ1) is 17.3. The van der Waals surface area contributed by atoms with Crippen molar-refractivity contribution in [3.05, 3.63) is 74.6 Å². The smallest absolute Gasteiger partial charge is 0.304 e. The summed E-state index contributed by atoms with van der Waals surface area (Å²) in [6.45, 7) is 0.976. The SMILES string of the molecule is CN(C)C(=O)c1ccc(C(CC(=O)O)c2nc(CCCCc3ccc4c(n3)NCCC4)cs2)cc1F. The topological polar surface area (TPSA) is 95.4 Å². The summed E-state index contributed by atoms with van der Waals surface area (Å²) in [5.74, 6) is -1.65. The van der Waals surface area contributed by atoms with Crippen LogP contribution in [0.3, 0.4) is 0 Å². The van der Waals surface area contributed by atoms with Crippen LogP contribution in [0.25, 0.3) is 0 Å². The number of aryl methyl sites for hydroxylation is 3. The maximum absolute atomic E-state index is 14.7. The van der Waals surface area contributed by atoms with Gasteiger partial charge in [0.15, 0.2) is 0 Å². The number of amides is 1. The molecule has 0 saturated heterocycles. The number of carboxylic acid groups (broad SMARTS) is 1. The lowest BCUT2D eigenvalue weighted by molar-refractivity contribution is -0.137. The van der Waals surface area contributed by atoms with E-state index >= 15 is 0 Å². The third-order valence-electron chi connectivity index (χ3n) is 6.35. The van der Waals surface area contributed by atoms with Crippen molar-refractivity contribution in [2.75, 3.05) is 26.0 Å². The van der Waals surface area contributed by atoms with E-state index in [9.17, 15) is 19.1 Å². The van der Waals surface area contributed by atoms with E-state index in [4.69, 9.17) is 4.98 Å². The molecule has 2 N–H and O–H groups in total. The molecule has 0 radical (unpaired) electrons. The van der Waals surface area contributed by atoms with E-state index < -0.39 is 23.6 Å². The molecule has 1 aromatic carbocycles. The van der Waals surface area contributed by atoms with Crippen molar-refractivity contribution < 1.29 is 19.1 Å². The van der Waals surface area contributed by atoms with E-state index in [1.165, 1.54) is 33.9 Å². The highest BCUT2D eigenvalue weighted by Crippen LogP contribution is 2.32. The lowest BCUT2D eigenvalue weighted by atomic mass is 9.95. The summed E-state index contributed by atoms with van der Waals surface area (Å²) in [5.41, 5.74) is 3.74. The number of carboxylic acids is 1. The largest absolute Gasteiger partial charge is 0.481 e. The minimum Gasteiger partial charge on any atom is -0.481 e. The first-order valence-electron chi connectivity index (χ1n) is 12.2. The summed E-state index contributed by atoms with van der Waals surface area (Å²) in [7, 11) is 3.11. The number of aromatic nitrogens is 2. The fourth-order valence-corrected chi connectivity index (χ4v) is 5.38. The standard InChI is InChI=1S/C27H31FN4O3S/c1-32(2)27(35)21-12-10-18(14-23(21)28)22(15-24(33)34)26-31-20(16-36-26)8-4-3-7-19-11-9-17-6-5-13-29-25(17)30-19/h9-12,14,16,22H,3-8,13,15H2,1-2H3,(H,29,30)(H,33,34). The van der Waals surface area contributed by atoms with E-state index in [0.717, 1.165) is 62.3 Å². The zero-order valence-corrected chi connectivity index (χ0v) is 21.4. The molecular formula is C27H31FN4O3S. The number of rotatable bonds is 10. The van der Waals surface area contributed by atoms with Crippen LogP contribution < -0.4 is 5.32 Å². The molecule has 1 aliphatic heterocycles. The second-order valence-electron chi connectivity index (χ2n) is 9.31. The number of nitrogens with zero attached hydrogens (tertiary/aromatic N) is 3. The number of thiazole rings is 1. The number of aliphatic carboxylic acids is 1. The second-order valence-corrected chi connectivity index (χ2v) is 10.2. The summed E-state index contributed by atoms with van der Waals surface area (Å²) in [4.78, 5) is 34.4. The van der Waals surface area contributed by atoms with Gasteiger partial charge in [-0.15, -0.1) is 11.3 Å². The number of anilines is 1. The Morgan fingerprint density at radius 1 is 1.14 bits per heavy atom. The molecule has 3 aromatic rings. The van der Waals surface area contributed by atoms with Crippen LogP contribution in [0.1, 0.15) is 69.5 Å². The first kappa shape index (κ1) is 25.8. The lowest BCUT2D eigenvalue weighted by Crippen LogP contribution is -2.23. The molecule has 0 saturated carbocycles. The zero-order valence-electron chi connectivity index (χ0n) is 20.6. The van der Waals surface area contributed by atoms with Crippen LogP contribution in [0.15, 0.2) is 35.7 Å². The Labute approximate surface area is 214 Å². The van der Waals surface area contributed by atoms with Crippen LogP contribution in [-0.4, -0.2) is 52.5 Å². The van der Waals surface area contributed by atoms with Gasteiger partial charge in [0, 0.05) is 37.6 Å². The number of pyridine rings is 1. The van der Waals surface area contributed by atoms with Crippen molar-refractivity contribution in [2.45, 2.75) is 50.9 Å². The predicted octanol–water partition coefficient (Wildman–Crippen LogP) is 4.91. The Morgan fingerprint density at radius 2 is 1.92 bits per heavy atom. The lowest BCUT2D eigenvalue weighted by Gasteiger charge is -2.17. The number of carbonyl (C=O) groups is 2. The van der Waals surface area contributed by atoms with Crippen molar-refractivity contribution in [3.8, 4) is 0 Å². The summed E-state index contributed by atoms with van der Waals surface area (Å²) in [6.07, 6.45) is 5.61. The van der Waals surface area contributed by atoms with Crippen molar-refractivity contribution in [3.63, 3.8) is 0 Å². The van der Waals surface area contributed by atoms with Gasteiger partial charge < -0.3 is 15.3 Å². The number of halogens is 1. The molecule has 0 bridgehead atoms. The van der Waals surface area contributed by atoms with Gasteiger partial charge >= 0.3 is 5.97 Å². The fraction of sp³-hybridized carbons (Fsp3) is 0.407. The number of hydrogen-bond acceptors (Lipinski definition) is 6. The van der Waals surface area contributed by atoms with Gasteiger partial charge in [0.2, 0.25) is 0 Å². The first-order valence-corrected chi connectivity index (χ1v) is 13.1. The Morgan fingerprint density at radius 3 is 2.64 bits per heavy atom. The van der Waals surface area contributed by atoms with Crippen LogP contribution in [0.4, 0.5) is 10.2 Å². The van der Waals surface area contributed by atoms with Crippen LogP contribution in [-0.2, 0) is 24.1 Å². The van der Waals surface area contributed by atoms with Crippen molar-refractivity contribution in [2.24, 2.45) is 0 Å². The van der Waals surface area contributed by atoms with Crippen molar-refractivity contribution in [1.29, 1.82) is 0 Å². The molecule has 7 nitrogen and oxygen atoms in total. The Kier molecular flexibility index (Phi) is 8.30. The monoisotopic (exact) mass is 510 g/mol. The van der Waals surface area contributed by atoms with Gasteiger partial charge in [-0.3, -0.25) is 9.59 Å². The van der Waals surface area contributed by atoms with Gasteiger partial charge in [-0.2, -0.15) is 0 Å². The Bertz CT molecular complexity index is 1240. The van der Waals surface area contributed by atoms with Gasteiger partial charge in [0.1, 0.15) is 16.6 Å². The fourth-order valence-electron chi connectivity index (χ4n) is 4.40. The van der Waals surface area contributed by atoms with Crippen LogP contribution in [0.5, 0.6) is 0 Å². The quantitative estimate of drug-likeness (QED) is 0.377. The van der Waals surface area contributed by atoms with E-state index in [-0.39, 0.29) is 12.0 Å². The van der Waals surface area contributed by atoms with Gasteiger partial charge in [0.05, 0.1) is 17.7 Å². The molecule has 1 atom stereocenters. The Balaban J connectivity index is 1.39. The number of hydrogen-bond donors (Lipinski definition) is 2. The molecule has 4 rings (SSSR count). The number of benzene rings is 1. The molecule has 3 heterocycles. The third kappa shape index (κ3) is 6.26. The Hall–Kier alpha value is -3.33. The second kappa shape index (κ2) is 11.6. The average molecular weight is 511 g/mol. The number of unbranched alkanes of at least 4 members (excludes halogenated alkanes) is 1. The predicted molar refractivity (Wildman–Crippen MR) is 138 cm³/mol. The molecule has 1 aliphatic rings. The van der Waals surface area contributed by atoms with E-state index in [1.54, 1.807) is 20.2 Å². The average Bonchev–Trinajstić information content (AvgIpc) is 3.33. The van der Waals surface area contributed by atoms with Crippen LogP contribution >= 0.6 is 11.3 Å². The van der Waals surface area contributed by atoms with Crippen LogP contribution in [0.2, 0.25) is 0 Å². The summed E-state index contributed by atoms with van der Waals surface area (Å²) >= 11 is 1.39. The highest BCUT2D eigenvalue weighted by Gasteiger charge is 2.24. The van der Waals surface area contributed by atoms with Crippen molar-refractivity contribution >= 4 is 29.0 Å². The molecule has 2 aromatic heterocycles. The highest BCUT2D eigenvalue weighted by atomic mass is 32.1. The van der Waals surface area contributed by atoms with Gasteiger partial charge in [-0.25, -0.2) is 14.4 Å². The molecule has 1 amide bonds. The molecule has 1 unspecified atom stereocenters. The summed E-state index contributed by atoms with van der Waals surface area (Å²) < 4.78 is 14.7. The molecule has 0 fully saturated rings. The van der Waals surface area contributed by atoms with Crippen molar-refractivity contribution in [1.82, 2.24) is 14.9 Å². The van der Waals surface area contributed by atoms with Gasteiger partial charge in [0.25, 0.3) is 5.91 Å². The maximum Gasteiger partial charge on any atom is 0.304 e. The molecule has 36 heavy (non-hydrogen) atoms.